The van der Waals surface area contributed by atoms with Crippen LogP contribution in [0.3, 0.4) is 0 Å². The first kappa shape index (κ1) is 13.1. The molecule has 0 spiro atoms. The maximum absolute atomic E-state index is 11.4. The molecule has 16 heavy (non-hydrogen) atoms. The molecular formula is C9H13NO4S2. The van der Waals surface area contributed by atoms with E-state index in [9.17, 15) is 18.3 Å². The highest BCUT2D eigenvalue weighted by atomic mass is 32.2. The Bertz CT molecular complexity index is 448. The number of rotatable bonds is 4. The van der Waals surface area contributed by atoms with Crippen LogP contribution in [0.1, 0.15) is 18.7 Å². The highest BCUT2D eigenvalue weighted by Crippen LogP contribution is 2.23. The fraction of sp³-hybridized carbons (Fsp3) is 0.444. The summed E-state index contributed by atoms with van der Waals surface area (Å²) in [6.45, 7) is 2.76. The third-order valence-electron chi connectivity index (χ3n) is 1.74. The van der Waals surface area contributed by atoms with Crippen LogP contribution in [0.4, 0.5) is 5.00 Å². The molecule has 1 heterocycles. The Morgan fingerprint density at radius 3 is 2.62 bits per heavy atom. The smallest absolute Gasteiger partial charge is 0.256 e. The van der Waals surface area contributed by atoms with Crippen LogP contribution in [0.15, 0.2) is 12.1 Å². The van der Waals surface area contributed by atoms with Crippen LogP contribution in [-0.4, -0.2) is 25.0 Å². The maximum atomic E-state index is 11.4. The number of thiol groups is 1. The molecule has 0 atom stereocenters. The van der Waals surface area contributed by atoms with Crippen molar-refractivity contribution in [2.75, 3.05) is 5.32 Å². The van der Waals surface area contributed by atoms with E-state index < -0.39 is 22.2 Å². The summed E-state index contributed by atoms with van der Waals surface area (Å²) in [5.41, 5.74) is -1.45. The second-order valence-electron chi connectivity index (χ2n) is 3.77. The normalized spacial score (nSPS) is 11.8. The Labute approximate surface area is 99.1 Å². The summed E-state index contributed by atoms with van der Waals surface area (Å²) >= 11 is 1.18. The van der Waals surface area contributed by atoms with Crippen molar-refractivity contribution in [2.45, 2.75) is 25.2 Å². The number of thiophene rings is 1. The monoisotopic (exact) mass is 263 g/mol. The number of hydrogen-bond donors (Lipinski definition) is 3. The summed E-state index contributed by atoms with van der Waals surface area (Å²) in [6.07, 6.45) is 0. The van der Waals surface area contributed by atoms with Gasteiger partial charge in [0, 0.05) is 4.88 Å². The molecule has 2 N–H and O–H groups in total. The molecular weight excluding hydrogens is 250 g/mol. The average Bonchev–Trinajstić information content (AvgIpc) is 2.49. The van der Waals surface area contributed by atoms with Gasteiger partial charge in [0.05, 0.1) is 10.8 Å². The molecule has 0 fully saturated rings. The number of aliphatic hydroxyl groups is 1. The van der Waals surface area contributed by atoms with Gasteiger partial charge < -0.3 is 10.4 Å². The molecule has 5 nitrogen and oxygen atoms in total. The second kappa shape index (κ2) is 4.94. The van der Waals surface area contributed by atoms with E-state index in [0.717, 1.165) is 0 Å². The molecule has 0 aliphatic rings. The van der Waals surface area contributed by atoms with E-state index in [1.807, 2.05) is 0 Å². The van der Waals surface area contributed by atoms with E-state index in [1.165, 1.54) is 25.2 Å². The van der Waals surface area contributed by atoms with Gasteiger partial charge in [-0.3, -0.25) is 4.79 Å². The van der Waals surface area contributed by atoms with Crippen LogP contribution in [0.25, 0.3) is 0 Å². The minimum atomic E-state index is -2.46. The van der Waals surface area contributed by atoms with Crippen LogP contribution >= 0.6 is 11.3 Å². The Morgan fingerprint density at radius 1 is 1.50 bits per heavy atom. The van der Waals surface area contributed by atoms with Crippen molar-refractivity contribution in [2.24, 2.45) is 0 Å². The first-order valence-electron chi connectivity index (χ1n) is 4.53. The third kappa shape index (κ3) is 3.92. The summed E-state index contributed by atoms with van der Waals surface area (Å²) in [4.78, 5) is 12.0. The zero-order valence-electron chi connectivity index (χ0n) is 8.89. The molecule has 0 radical (unpaired) electrons. The van der Waals surface area contributed by atoms with Crippen molar-refractivity contribution in [1.82, 2.24) is 0 Å². The highest BCUT2D eigenvalue weighted by Gasteiger charge is 2.23. The summed E-state index contributed by atoms with van der Waals surface area (Å²) in [7, 11) is -2.46. The fourth-order valence-electron chi connectivity index (χ4n) is 0.922. The molecule has 1 amide bonds. The third-order valence-corrected chi connectivity index (χ3v) is 3.55. The van der Waals surface area contributed by atoms with E-state index in [-0.39, 0.29) is 5.75 Å². The Hall–Kier alpha value is -0.920. The van der Waals surface area contributed by atoms with E-state index in [0.29, 0.717) is 9.88 Å². The van der Waals surface area contributed by atoms with Gasteiger partial charge in [-0.05, 0) is 26.0 Å². The molecule has 0 unspecified atom stereocenters. The van der Waals surface area contributed by atoms with Crippen molar-refractivity contribution < 1.29 is 18.3 Å². The largest absolute Gasteiger partial charge is 0.381 e. The van der Waals surface area contributed by atoms with Crippen molar-refractivity contribution >= 4 is 32.9 Å². The van der Waals surface area contributed by atoms with Crippen LogP contribution < -0.4 is 5.32 Å². The number of carbonyl (C=O) groups excluding carboxylic acids is 1. The maximum Gasteiger partial charge on any atom is 0.256 e. The van der Waals surface area contributed by atoms with E-state index in [4.69, 9.17) is 0 Å². The molecule has 0 bridgehead atoms. The predicted octanol–water partition coefficient (Wildman–Crippen LogP) is 0.569. The average molecular weight is 263 g/mol. The Kier molecular flexibility index (Phi) is 4.06. The van der Waals surface area contributed by atoms with E-state index in [1.54, 1.807) is 12.1 Å². The summed E-state index contributed by atoms with van der Waals surface area (Å²) in [5, 5.41) is 12.4. The summed E-state index contributed by atoms with van der Waals surface area (Å²) < 4.78 is 21.0. The van der Waals surface area contributed by atoms with Crippen LogP contribution in [0.5, 0.6) is 0 Å². The molecule has 0 aromatic carbocycles. The number of hydrogen-bond acceptors (Lipinski definition) is 5. The quantitative estimate of drug-likeness (QED) is 0.693. The highest BCUT2D eigenvalue weighted by molar-refractivity contribution is 7.71. The SMILES string of the molecule is CC(C)(O)C(=O)Nc1ccc(C[SH](=O)=O)s1. The molecule has 0 aliphatic carbocycles. The first-order valence-corrected chi connectivity index (χ1v) is 6.71. The lowest BCUT2D eigenvalue weighted by Gasteiger charge is -2.15. The molecule has 0 aliphatic heterocycles. The fourth-order valence-corrected chi connectivity index (χ4v) is 2.55. The topological polar surface area (TPSA) is 83.5 Å². The van der Waals surface area contributed by atoms with Crippen LogP contribution in [0.2, 0.25) is 0 Å². The molecule has 0 saturated carbocycles. The van der Waals surface area contributed by atoms with Gasteiger partial charge in [0.15, 0.2) is 0 Å². The number of amides is 1. The summed E-state index contributed by atoms with van der Waals surface area (Å²) in [5.74, 6) is -0.550. The molecule has 7 heteroatoms. The minimum Gasteiger partial charge on any atom is -0.381 e. The van der Waals surface area contributed by atoms with Crippen LogP contribution in [-0.2, 0) is 21.3 Å². The predicted molar refractivity (Wildman–Crippen MR) is 63.3 cm³/mol. The molecule has 1 aromatic heterocycles. The van der Waals surface area contributed by atoms with Crippen LogP contribution in [0, 0.1) is 0 Å². The zero-order valence-corrected chi connectivity index (χ0v) is 10.6. The molecule has 0 saturated heterocycles. The lowest BCUT2D eigenvalue weighted by atomic mass is 10.1. The Morgan fingerprint density at radius 2 is 2.12 bits per heavy atom. The number of carbonyl (C=O) groups is 1. The van der Waals surface area contributed by atoms with Gasteiger partial charge in [-0.25, -0.2) is 8.42 Å². The van der Waals surface area contributed by atoms with Gasteiger partial charge >= 0.3 is 0 Å². The van der Waals surface area contributed by atoms with Crippen molar-refractivity contribution in [1.29, 1.82) is 0 Å². The number of anilines is 1. The molecule has 90 valence electrons. The van der Waals surface area contributed by atoms with Crippen molar-refractivity contribution in [3.05, 3.63) is 17.0 Å². The first-order chi connectivity index (χ1) is 7.29. The van der Waals surface area contributed by atoms with Gasteiger partial charge in [-0.2, -0.15) is 0 Å². The standard InChI is InChI=1S/C9H13NO4S2/c1-9(2,12)8(11)10-7-4-3-6(15-7)5-16(13)14/h3-4,12,16H,5H2,1-2H3,(H,10,11). The molecule has 1 aromatic rings. The zero-order chi connectivity index (χ0) is 12.3. The second-order valence-corrected chi connectivity index (χ2v) is 5.92. The van der Waals surface area contributed by atoms with Gasteiger partial charge in [0.25, 0.3) is 5.91 Å². The lowest BCUT2D eigenvalue weighted by Crippen LogP contribution is -2.36. The van der Waals surface area contributed by atoms with Crippen molar-refractivity contribution in [3.8, 4) is 0 Å². The van der Waals surface area contributed by atoms with Gasteiger partial charge in [-0.1, -0.05) is 0 Å². The molecule has 1 rings (SSSR count). The van der Waals surface area contributed by atoms with Gasteiger partial charge in [-0.15, -0.1) is 11.3 Å². The summed E-state index contributed by atoms with van der Waals surface area (Å²) in [6, 6.07) is 3.25. The van der Waals surface area contributed by atoms with Crippen molar-refractivity contribution in [3.63, 3.8) is 0 Å². The van der Waals surface area contributed by atoms with E-state index in [2.05, 4.69) is 5.32 Å². The van der Waals surface area contributed by atoms with E-state index >= 15 is 0 Å². The minimum absolute atomic E-state index is 0.0294. The number of nitrogens with one attached hydrogen (secondary N) is 1. The van der Waals surface area contributed by atoms with Gasteiger partial charge in [0.2, 0.25) is 0 Å². The van der Waals surface area contributed by atoms with Gasteiger partial charge in [0.1, 0.15) is 16.3 Å². The lowest BCUT2D eigenvalue weighted by molar-refractivity contribution is -0.130. The Balaban J connectivity index is 2.69.